The smallest absolute Gasteiger partial charge is 0.316 e. The molecule has 3 nitrogen and oxygen atoms in total. The van der Waals surface area contributed by atoms with Crippen molar-refractivity contribution in [3.63, 3.8) is 0 Å². The Morgan fingerprint density at radius 2 is 1.93 bits per heavy atom. The summed E-state index contributed by atoms with van der Waals surface area (Å²) in [5.41, 5.74) is 1.22. The lowest BCUT2D eigenvalue weighted by Gasteiger charge is -2.12. The average Bonchev–Trinajstić information content (AvgIpc) is 2.26. The van der Waals surface area contributed by atoms with Gasteiger partial charge in [-0.1, -0.05) is 20.3 Å². The Morgan fingerprint density at radius 1 is 1.29 bits per heavy atom. The minimum atomic E-state index is 0.445. The molecule has 0 spiro atoms. The third kappa shape index (κ3) is 2.69. The maximum absolute atomic E-state index is 4.92. The molecule has 1 atom stereocenters. The zero-order valence-corrected chi connectivity index (χ0v) is 9.16. The number of rotatable bonds is 5. The highest BCUT2D eigenvalue weighted by molar-refractivity contribution is 5.12. The second-order valence-electron chi connectivity index (χ2n) is 3.40. The molecule has 0 aliphatic rings. The summed E-state index contributed by atoms with van der Waals surface area (Å²) in [5, 5.41) is 0. The molecule has 0 radical (unpaired) electrons. The Labute approximate surface area is 85.5 Å². The molecule has 0 aromatic carbocycles. The number of aromatic nitrogens is 2. The predicted molar refractivity (Wildman–Crippen MR) is 56.5 cm³/mol. The largest absolute Gasteiger partial charge is 0.467 e. The minimum absolute atomic E-state index is 0.445. The van der Waals surface area contributed by atoms with E-state index >= 15 is 0 Å². The van der Waals surface area contributed by atoms with Crippen molar-refractivity contribution >= 4 is 0 Å². The van der Waals surface area contributed by atoms with Gasteiger partial charge in [0.05, 0.1) is 7.11 Å². The molecule has 1 aromatic rings. The second kappa shape index (κ2) is 5.58. The van der Waals surface area contributed by atoms with Crippen LogP contribution in [-0.2, 0) is 0 Å². The van der Waals surface area contributed by atoms with Crippen molar-refractivity contribution in [1.82, 2.24) is 9.97 Å². The van der Waals surface area contributed by atoms with E-state index < -0.39 is 0 Å². The van der Waals surface area contributed by atoms with Gasteiger partial charge in [0.2, 0.25) is 0 Å². The third-order valence-electron chi connectivity index (χ3n) is 2.43. The van der Waals surface area contributed by atoms with Crippen LogP contribution in [0.3, 0.4) is 0 Å². The quantitative estimate of drug-likeness (QED) is 0.723. The second-order valence-corrected chi connectivity index (χ2v) is 3.40. The first kappa shape index (κ1) is 11.0. The zero-order chi connectivity index (χ0) is 10.4. The average molecular weight is 194 g/mol. The van der Waals surface area contributed by atoms with Crippen molar-refractivity contribution < 1.29 is 4.74 Å². The molecule has 0 aliphatic heterocycles. The Bertz CT molecular complexity index is 258. The first-order valence-corrected chi connectivity index (χ1v) is 5.17. The molecule has 0 bridgehead atoms. The number of hydrogen-bond acceptors (Lipinski definition) is 3. The van der Waals surface area contributed by atoms with Crippen LogP contribution in [0.2, 0.25) is 0 Å². The predicted octanol–water partition coefficient (Wildman–Crippen LogP) is 2.78. The highest BCUT2D eigenvalue weighted by Crippen LogP contribution is 2.23. The van der Waals surface area contributed by atoms with Crippen LogP contribution in [0.1, 0.15) is 44.6 Å². The van der Waals surface area contributed by atoms with Crippen molar-refractivity contribution in [2.24, 2.45) is 0 Å². The molecule has 0 saturated carbocycles. The Morgan fingerprint density at radius 3 is 2.36 bits per heavy atom. The van der Waals surface area contributed by atoms with Crippen molar-refractivity contribution in [2.45, 2.75) is 39.0 Å². The van der Waals surface area contributed by atoms with Gasteiger partial charge in [0.1, 0.15) is 0 Å². The van der Waals surface area contributed by atoms with Crippen LogP contribution >= 0.6 is 0 Å². The van der Waals surface area contributed by atoms with Gasteiger partial charge in [-0.3, -0.25) is 0 Å². The standard InChI is InChI=1S/C11H18N2O/c1-4-6-9(5-2)10-7-12-11(14-3)13-8-10/h7-9H,4-6H2,1-3H3. The van der Waals surface area contributed by atoms with Gasteiger partial charge in [-0.2, -0.15) is 0 Å². The van der Waals surface area contributed by atoms with E-state index in [4.69, 9.17) is 4.74 Å². The first-order valence-electron chi connectivity index (χ1n) is 5.17. The Kier molecular flexibility index (Phi) is 4.36. The van der Waals surface area contributed by atoms with Gasteiger partial charge in [0, 0.05) is 12.4 Å². The van der Waals surface area contributed by atoms with Crippen LogP contribution in [0.5, 0.6) is 6.01 Å². The molecule has 1 unspecified atom stereocenters. The number of nitrogens with zero attached hydrogens (tertiary/aromatic N) is 2. The van der Waals surface area contributed by atoms with Crippen molar-refractivity contribution in [3.8, 4) is 6.01 Å². The zero-order valence-electron chi connectivity index (χ0n) is 9.16. The summed E-state index contributed by atoms with van der Waals surface area (Å²) >= 11 is 0. The number of ether oxygens (including phenoxy) is 1. The van der Waals surface area contributed by atoms with Gasteiger partial charge < -0.3 is 4.74 Å². The topological polar surface area (TPSA) is 35.0 Å². The molecule has 1 rings (SSSR count). The highest BCUT2D eigenvalue weighted by atomic mass is 16.5. The van der Waals surface area contributed by atoms with E-state index in [0.717, 1.165) is 6.42 Å². The van der Waals surface area contributed by atoms with Crippen LogP contribution < -0.4 is 4.74 Å². The number of methoxy groups -OCH3 is 1. The normalized spacial score (nSPS) is 12.5. The molecule has 0 N–H and O–H groups in total. The first-order chi connectivity index (χ1) is 6.81. The van der Waals surface area contributed by atoms with E-state index in [2.05, 4.69) is 23.8 Å². The molecular formula is C11H18N2O. The molecule has 3 heteroatoms. The van der Waals surface area contributed by atoms with E-state index in [0.29, 0.717) is 11.9 Å². The summed E-state index contributed by atoms with van der Waals surface area (Å²) in [4.78, 5) is 8.23. The van der Waals surface area contributed by atoms with Gasteiger partial charge in [-0.05, 0) is 24.3 Å². The lowest BCUT2D eigenvalue weighted by atomic mass is 9.95. The summed E-state index contributed by atoms with van der Waals surface area (Å²) in [6.45, 7) is 4.40. The summed E-state index contributed by atoms with van der Waals surface area (Å²) < 4.78 is 4.92. The van der Waals surface area contributed by atoms with Crippen molar-refractivity contribution in [1.29, 1.82) is 0 Å². The summed E-state index contributed by atoms with van der Waals surface area (Å²) in [7, 11) is 1.58. The van der Waals surface area contributed by atoms with Crippen LogP contribution in [0.25, 0.3) is 0 Å². The van der Waals surface area contributed by atoms with Crippen LogP contribution in [0, 0.1) is 0 Å². The van der Waals surface area contributed by atoms with Crippen LogP contribution in [-0.4, -0.2) is 17.1 Å². The van der Waals surface area contributed by atoms with Gasteiger partial charge in [-0.25, -0.2) is 9.97 Å². The molecule has 0 aliphatic carbocycles. The fourth-order valence-corrected chi connectivity index (χ4v) is 1.60. The highest BCUT2D eigenvalue weighted by Gasteiger charge is 2.09. The molecule has 0 saturated heterocycles. The monoisotopic (exact) mass is 194 g/mol. The molecule has 78 valence electrons. The lowest BCUT2D eigenvalue weighted by Crippen LogP contribution is -2.00. The van der Waals surface area contributed by atoms with E-state index in [1.807, 2.05) is 12.4 Å². The maximum Gasteiger partial charge on any atom is 0.316 e. The van der Waals surface area contributed by atoms with Crippen LogP contribution in [0.4, 0.5) is 0 Å². The van der Waals surface area contributed by atoms with Gasteiger partial charge in [-0.15, -0.1) is 0 Å². The minimum Gasteiger partial charge on any atom is -0.467 e. The third-order valence-corrected chi connectivity index (χ3v) is 2.43. The molecule has 1 aromatic heterocycles. The maximum atomic E-state index is 4.92. The van der Waals surface area contributed by atoms with Crippen molar-refractivity contribution in [2.75, 3.05) is 7.11 Å². The lowest BCUT2D eigenvalue weighted by molar-refractivity contribution is 0.378. The van der Waals surface area contributed by atoms with Crippen LogP contribution in [0.15, 0.2) is 12.4 Å². The van der Waals surface area contributed by atoms with E-state index in [1.165, 1.54) is 18.4 Å². The SMILES string of the molecule is CCCC(CC)c1cnc(OC)nc1. The van der Waals surface area contributed by atoms with Crippen molar-refractivity contribution in [3.05, 3.63) is 18.0 Å². The van der Waals surface area contributed by atoms with Gasteiger partial charge in [0.25, 0.3) is 0 Å². The van der Waals surface area contributed by atoms with E-state index in [-0.39, 0.29) is 0 Å². The fraction of sp³-hybridized carbons (Fsp3) is 0.636. The molecule has 0 amide bonds. The van der Waals surface area contributed by atoms with E-state index in [1.54, 1.807) is 7.11 Å². The summed E-state index contributed by atoms with van der Waals surface area (Å²) in [6.07, 6.45) is 7.28. The fourth-order valence-electron chi connectivity index (χ4n) is 1.60. The van der Waals surface area contributed by atoms with Gasteiger partial charge in [0.15, 0.2) is 0 Å². The Balaban J connectivity index is 2.73. The van der Waals surface area contributed by atoms with E-state index in [9.17, 15) is 0 Å². The Hall–Kier alpha value is -1.12. The van der Waals surface area contributed by atoms with Gasteiger partial charge >= 0.3 is 6.01 Å². The number of hydrogen-bond donors (Lipinski definition) is 0. The molecular weight excluding hydrogens is 176 g/mol. The summed E-state index contributed by atoms with van der Waals surface area (Å²) in [6, 6.07) is 0.445. The molecule has 1 heterocycles. The summed E-state index contributed by atoms with van der Waals surface area (Å²) in [5.74, 6) is 0.589. The molecule has 14 heavy (non-hydrogen) atoms. The molecule has 0 fully saturated rings.